The Hall–Kier alpha value is -2.04. The van der Waals surface area contributed by atoms with Gasteiger partial charge in [0.2, 0.25) is 5.91 Å². The third-order valence-corrected chi connectivity index (χ3v) is 3.69. The predicted octanol–water partition coefficient (Wildman–Crippen LogP) is 2.17. The summed E-state index contributed by atoms with van der Waals surface area (Å²) in [5.41, 5.74) is 7.84. The van der Waals surface area contributed by atoms with Crippen LogP contribution in [-0.2, 0) is 4.79 Å². The minimum atomic E-state index is -0.0597. The molecular weight excluding hydrogens is 264 g/mol. The van der Waals surface area contributed by atoms with E-state index in [0.717, 1.165) is 18.5 Å². The summed E-state index contributed by atoms with van der Waals surface area (Å²) in [6.45, 7) is 2.10. The number of benzene rings is 1. The Morgan fingerprint density at radius 1 is 1.24 bits per heavy atom. The molecule has 0 atom stereocenters. The van der Waals surface area contributed by atoms with Gasteiger partial charge in [-0.1, -0.05) is 37.0 Å². The molecule has 0 saturated heterocycles. The van der Waals surface area contributed by atoms with Gasteiger partial charge in [-0.15, -0.1) is 0 Å². The van der Waals surface area contributed by atoms with Crippen molar-refractivity contribution in [3.8, 4) is 0 Å². The first-order chi connectivity index (χ1) is 10.1. The van der Waals surface area contributed by atoms with E-state index in [4.69, 9.17) is 5.73 Å². The molecule has 5 nitrogen and oxygen atoms in total. The highest BCUT2D eigenvalue weighted by Crippen LogP contribution is 2.17. The van der Waals surface area contributed by atoms with Gasteiger partial charge in [-0.2, -0.15) is 0 Å². The van der Waals surface area contributed by atoms with Crippen molar-refractivity contribution in [1.82, 2.24) is 5.32 Å². The van der Waals surface area contributed by atoms with Crippen LogP contribution in [0.3, 0.4) is 0 Å². The second-order valence-electron chi connectivity index (χ2n) is 5.59. The van der Waals surface area contributed by atoms with E-state index in [-0.39, 0.29) is 18.4 Å². The lowest BCUT2D eigenvalue weighted by Gasteiger charge is -2.22. The summed E-state index contributed by atoms with van der Waals surface area (Å²) in [6, 6.07) is 8.16. The second-order valence-corrected chi connectivity index (χ2v) is 5.59. The maximum absolute atomic E-state index is 11.8. The van der Waals surface area contributed by atoms with Crippen molar-refractivity contribution < 1.29 is 4.79 Å². The van der Waals surface area contributed by atoms with Crippen LogP contribution in [0.25, 0.3) is 0 Å². The molecule has 0 spiro atoms. The lowest BCUT2D eigenvalue weighted by Crippen LogP contribution is -2.38. The van der Waals surface area contributed by atoms with Crippen LogP contribution in [0.1, 0.15) is 37.7 Å². The number of aryl methyl sites for hydroxylation is 1. The molecule has 0 bridgehead atoms. The standard InChI is InChI=1S/C16H24N4O/c1-12-7-9-14(10-8-12)20-16(17)18-11-15(21)19-13-5-3-2-4-6-13/h7-10,13H,2-6,11H2,1H3,(H,19,21)(H3,17,18,20). The summed E-state index contributed by atoms with van der Waals surface area (Å²) in [5, 5.41) is 5.99. The average molecular weight is 288 g/mol. The van der Waals surface area contributed by atoms with Crippen LogP contribution in [-0.4, -0.2) is 24.5 Å². The van der Waals surface area contributed by atoms with Gasteiger partial charge in [0.25, 0.3) is 0 Å². The van der Waals surface area contributed by atoms with Crippen molar-refractivity contribution in [2.24, 2.45) is 10.7 Å². The minimum absolute atomic E-state index is 0.0597. The Morgan fingerprint density at radius 2 is 1.90 bits per heavy atom. The van der Waals surface area contributed by atoms with Crippen molar-refractivity contribution in [2.45, 2.75) is 45.1 Å². The van der Waals surface area contributed by atoms with Crippen LogP contribution in [0.15, 0.2) is 29.3 Å². The van der Waals surface area contributed by atoms with Gasteiger partial charge < -0.3 is 16.4 Å². The lowest BCUT2D eigenvalue weighted by molar-refractivity contribution is -0.120. The molecule has 4 N–H and O–H groups in total. The third-order valence-electron chi connectivity index (χ3n) is 3.69. The first-order valence-corrected chi connectivity index (χ1v) is 7.56. The van der Waals surface area contributed by atoms with Gasteiger partial charge in [0.1, 0.15) is 6.54 Å². The largest absolute Gasteiger partial charge is 0.370 e. The Kier molecular flexibility index (Phi) is 5.60. The summed E-state index contributed by atoms with van der Waals surface area (Å²) in [5.74, 6) is 0.202. The summed E-state index contributed by atoms with van der Waals surface area (Å²) in [6.07, 6.45) is 5.83. The number of hydrogen-bond acceptors (Lipinski definition) is 2. The molecule has 1 aromatic rings. The van der Waals surface area contributed by atoms with E-state index in [1.54, 1.807) is 0 Å². The number of nitrogens with one attached hydrogen (secondary N) is 2. The number of nitrogens with two attached hydrogens (primary N) is 1. The number of nitrogens with zero attached hydrogens (tertiary/aromatic N) is 1. The zero-order valence-corrected chi connectivity index (χ0v) is 12.6. The molecule has 21 heavy (non-hydrogen) atoms. The molecule has 0 radical (unpaired) electrons. The van der Waals surface area contributed by atoms with E-state index in [1.165, 1.54) is 24.8 Å². The van der Waals surface area contributed by atoms with Crippen LogP contribution < -0.4 is 16.4 Å². The number of hydrogen-bond donors (Lipinski definition) is 3. The Bertz CT molecular complexity index is 490. The molecule has 1 aliphatic carbocycles. The van der Waals surface area contributed by atoms with E-state index >= 15 is 0 Å². The van der Waals surface area contributed by atoms with Gasteiger partial charge in [0.15, 0.2) is 5.96 Å². The Labute approximate surface area is 126 Å². The zero-order valence-electron chi connectivity index (χ0n) is 12.6. The molecule has 1 saturated carbocycles. The van der Waals surface area contributed by atoms with Crippen molar-refractivity contribution >= 4 is 17.6 Å². The quantitative estimate of drug-likeness (QED) is 0.587. The van der Waals surface area contributed by atoms with Crippen LogP contribution >= 0.6 is 0 Å². The van der Waals surface area contributed by atoms with Crippen molar-refractivity contribution in [2.75, 3.05) is 11.9 Å². The first-order valence-electron chi connectivity index (χ1n) is 7.56. The maximum atomic E-state index is 11.8. The van der Waals surface area contributed by atoms with E-state index in [0.29, 0.717) is 6.04 Å². The highest BCUT2D eigenvalue weighted by Gasteiger charge is 2.15. The fraction of sp³-hybridized carbons (Fsp3) is 0.500. The summed E-state index contributed by atoms with van der Waals surface area (Å²) >= 11 is 0. The molecule has 1 amide bonds. The predicted molar refractivity (Wildman–Crippen MR) is 86.3 cm³/mol. The normalized spacial score (nSPS) is 16.5. The first kappa shape index (κ1) is 15.4. The van der Waals surface area contributed by atoms with Gasteiger partial charge in [-0.3, -0.25) is 4.79 Å². The zero-order chi connectivity index (χ0) is 15.1. The third kappa shape index (κ3) is 5.45. The SMILES string of the molecule is Cc1ccc(NC(N)=NCC(=O)NC2CCCCC2)cc1. The highest BCUT2D eigenvalue weighted by molar-refractivity contribution is 5.93. The van der Waals surface area contributed by atoms with Crippen molar-refractivity contribution in [1.29, 1.82) is 0 Å². The molecule has 0 unspecified atom stereocenters. The topological polar surface area (TPSA) is 79.5 Å². The van der Waals surface area contributed by atoms with Gasteiger partial charge in [0.05, 0.1) is 0 Å². The van der Waals surface area contributed by atoms with Crippen molar-refractivity contribution in [3.63, 3.8) is 0 Å². The molecule has 1 aromatic carbocycles. The monoisotopic (exact) mass is 288 g/mol. The molecule has 1 aliphatic rings. The number of guanidine groups is 1. The number of rotatable bonds is 4. The molecule has 0 aliphatic heterocycles. The molecule has 114 valence electrons. The van der Waals surface area contributed by atoms with E-state index < -0.39 is 0 Å². The average Bonchev–Trinajstić information content (AvgIpc) is 2.49. The number of carbonyl (C=O) groups excluding carboxylic acids is 1. The van der Waals surface area contributed by atoms with E-state index in [1.807, 2.05) is 31.2 Å². The van der Waals surface area contributed by atoms with Gasteiger partial charge >= 0.3 is 0 Å². The van der Waals surface area contributed by atoms with Crippen LogP contribution in [0.2, 0.25) is 0 Å². The molecule has 5 heteroatoms. The molecular formula is C16H24N4O. The van der Waals surface area contributed by atoms with Crippen LogP contribution in [0.5, 0.6) is 0 Å². The number of aliphatic imine (C=N–C) groups is 1. The Balaban J connectivity index is 1.76. The molecule has 2 rings (SSSR count). The number of anilines is 1. The summed E-state index contributed by atoms with van der Waals surface area (Å²) in [4.78, 5) is 15.9. The van der Waals surface area contributed by atoms with Gasteiger partial charge in [0, 0.05) is 11.7 Å². The minimum Gasteiger partial charge on any atom is -0.370 e. The van der Waals surface area contributed by atoms with Gasteiger partial charge in [-0.25, -0.2) is 4.99 Å². The fourth-order valence-corrected chi connectivity index (χ4v) is 2.50. The molecule has 0 aromatic heterocycles. The van der Waals surface area contributed by atoms with Gasteiger partial charge in [-0.05, 0) is 31.9 Å². The number of amides is 1. The molecule has 0 heterocycles. The molecule has 1 fully saturated rings. The maximum Gasteiger partial charge on any atom is 0.242 e. The van der Waals surface area contributed by atoms with E-state index in [2.05, 4.69) is 15.6 Å². The van der Waals surface area contributed by atoms with Crippen LogP contribution in [0, 0.1) is 6.92 Å². The number of carbonyl (C=O) groups is 1. The Morgan fingerprint density at radius 3 is 2.57 bits per heavy atom. The second kappa shape index (κ2) is 7.67. The van der Waals surface area contributed by atoms with Crippen LogP contribution in [0.4, 0.5) is 5.69 Å². The fourth-order valence-electron chi connectivity index (χ4n) is 2.50. The van der Waals surface area contributed by atoms with E-state index in [9.17, 15) is 4.79 Å². The van der Waals surface area contributed by atoms with Crippen molar-refractivity contribution in [3.05, 3.63) is 29.8 Å². The summed E-state index contributed by atoms with van der Waals surface area (Å²) in [7, 11) is 0. The highest BCUT2D eigenvalue weighted by atomic mass is 16.1. The smallest absolute Gasteiger partial charge is 0.242 e. The summed E-state index contributed by atoms with van der Waals surface area (Å²) < 4.78 is 0. The lowest BCUT2D eigenvalue weighted by atomic mass is 9.95.